The average Bonchev–Trinajstić information content (AvgIpc) is 3.28. The lowest BCUT2D eigenvalue weighted by molar-refractivity contribution is -0.118. The summed E-state index contributed by atoms with van der Waals surface area (Å²) in [5.41, 5.74) is 0.512. The fraction of sp³-hybridized carbons (Fsp3) is 0.0909. The first-order valence-corrected chi connectivity index (χ1v) is 8.83. The lowest BCUT2D eigenvalue weighted by Crippen LogP contribution is -2.23. The number of rotatable bonds is 6. The van der Waals surface area contributed by atoms with E-state index in [9.17, 15) is 9.59 Å². The smallest absolute Gasteiger partial charge is 0.262 e. The number of amides is 1. The topological polar surface area (TPSA) is 90.9 Å². The molecule has 0 aliphatic heterocycles. The van der Waals surface area contributed by atoms with E-state index < -0.39 is 12.5 Å². The van der Waals surface area contributed by atoms with Gasteiger partial charge >= 0.3 is 0 Å². The fourth-order valence-electron chi connectivity index (χ4n) is 2.90. The molecule has 0 saturated heterocycles. The standard InChI is InChI=1S/C22H17NO6/c1-26-17-10-5-3-8-15(17)23-19(24)13-28-22-20(25)14-7-2-4-9-16(14)29-21(22)18-11-6-12-27-18/h2-12H,13H2,1H3,(H,23,24). The highest BCUT2D eigenvalue weighted by molar-refractivity contribution is 5.93. The van der Waals surface area contributed by atoms with Gasteiger partial charge in [-0.3, -0.25) is 9.59 Å². The van der Waals surface area contributed by atoms with E-state index in [-0.39, 0.29) is 16.9 Å². The van der Waals surface area contributed by atoms with Crippen LogP contribution in [0.15, 0.2) is 80.6 Å². The quantitative estimate of drug-likeness (QED) is 0.533. The van der Waals surface area contributed by atoms with E-state index in [0.29, 0.717) is 28.2 Å². The van der Waals surface area contributed by atoms with Gasteiger partial charge in [-0.05, 0) is 36.4 Å². The molecular formula is C22H17NO6. The summed E-state index contributed by atoms with van der Waals surface area (Å²) >= 11 is 0. The summed E-state index contributed by atoms with van der Waals surface area (Å²) in [5, 5.41) is 3.05. The molecule has 0 fully saturated rings. The van der Waals surface area contributed by atoms with Gasteiger partial charge in [0, 0.05) is 0 Å². The summed E-state index contributed by atoms with van der Waals surface area (Å²) in [7, 11) is 1.51. The molecule has 146 valence electrons. The molecular weight excluding hydrogens is 374 g/mol. The number of hydrogen-bond donors (Lipinski definition) is 1. The minimum absolute atomic E-state index is 0.0890. The van der Waals surface area contributed by atoms with Gasteiger partial charge in [-0.15, -0.1) is 0 Å². The van der Waals surface area contributed by atoms with Crippen molar-refractivity contribution in [2.75, 3.05) is 19.0 Å². The van der Waals surface area contributed by atoms with Gasteiger partial charge in [0.1, 0.15) is 11.3 Å². The second-order valence-electron chi connectivity index (χ2n) is 6.10. The van der Waals surface area contributed by atoms with Crippen molar-refractivity contribution < 1.29 is 23.1 Å². The molecule has 0 aliphatic rings. The molecule has 0 radical (unpaired) electrons. The molecule has 1 N–H and O–H groups in total. The van der Waals surface area contributed by atoms with Crippen LogP contribution >= 0.6 is 0 Å². The molecule has 0 spiro atoms. The number of benzene rings is 2. The van der Waals surface area contributed by atoms with Crippen LogP contribution in [0.2, 0.25) is 0 Å². The predicted molar refractivity (Wildman–Crippen MR) is 107 cm³/mol. The van der Waals surface area contributed by atoms with E-state index in [1.54, 1.807) is 60.7 Å². The van der Waals surface area contributed by atoms with Crippen molar-refractivity contribution in [3.63, 3.8) is 0 Å². The van der Waals surface area contributed by atoms with E-state index >= 15 is 0 Å². The number of carbonyl (C=O) groups is 1. The normalized spacial score (nSPS) is 10.7. The van der Waals surface area contributed by atoms with Crippen LogP contribution in [-0.2, 0) is 4.79 Å². The average molecular weight is 391 g/mol. The highest BCUT2D eigenvalue weighted by Crippen LogP contribution is 2.31. The highest BCUT2D eigenvalue weighted by Gasteiger charge is 2.20. The summed E-state index contributed by atoms with van der Waals surface area (Å²) < 4.78 is 22.0. The van der Waals surface area contributed by atoms with Crippen LogP contribution in [0.5, 0.6) is 11.5 Å². The monoisotopic (exact) mass is 391 g/mol. The van der Waals surface area contributed by atoms with Crippen molar-refractivity contribution in [2.24, 2.45) is 0 Å². The van der Waals surface area contributed by atoms with Crippen LogP contribution in [0.4, 0.5) is 5.69 Å². The van der Waals surface area contributed by atoms with Crippen LogP contribution in [0.3, 0.4) is 0 Å². The van der Waals surface area contributed by atoms with E-state index in [1.807, 2.05) is 0 Å². The Bertz CT molecular complexity index is 1210. The van der Waals surface area contributed by atoms with Crippen LogP contribution in [-0.4, -0.2) is 19.6 Å². The Balaban J connectivity index is 1.63. The minimum atomic E-state index is -0.451. The summed E-state index contributed by atoms with van der Waals surface area (Å²) in [6.45, 7) is -0.394. The molecule has 7 nitrogen and oxygen atoms in total. The molecule has 4 rings (SSSR count). The molecule has 29 heavy (non-hydrogen) atoms. The van der Waals surface area contributed by atoms with Gasteiger partial charge in [0.05, 0.1) is 24.4 Å². The molecule has 2 heterocycles. The summed E-state index contributed by atoms with van der Waals surface area (Å²) in [6.07, 6.45) is 1.46. The number of ether oxygens (including phenoxy) is 2. The molecule has 7 heteroatoms. The van der Waals surface area contributed by atoms with Gasteiger partial charge in [-0.25, -0.2) is 0 Å². The molecule has 2 aromatic heterocycles. The number of para-hydroxylation sites is 3. The first-order valence-electron chi connectivity index (χ1n) is 8.83. The zero-order valence-corrected chi connectivity index (χ0v) is 15.5. The Labute approximate surface area is 165 Å². The maximum atomic E-state index is 12.9. The Morgan fingerprint density at radius 3 is 2.62 bits per heavy atom. The lowest BCUT2D eigenvalue weighted by Gasteiger charge is -2.12. The number of furan rings is 1. The van der Waals surface area contributed by atoms with Crippen LogP contribution in [0, 0.1) is 0 Å². The van der Waals surface area contributed by atoms with Crippen LogP contribution in [0.1, 0.15) is 0 Å². The highest BCUT2D eigenvalue weighted by atomic mass is 16.5. The molecule has 0 saturated carbocycles. The Hall–Kier alpha value is -4.00. The van der Waals surface area contributed by atoms with E-state index in [2.05, 4.69) is 5.32 Å². The second kappa shape index (κ2) is 7.93. The van der Waals surface area contributed by atoms with Crippen molar-refractivity contribution in [3.05, 3.63) is 77.2 Å². The predicted octanol–water partition coefficient (Wildman–Crippen LogP) is 4.08. The molecule has 0 unspecified atom stereocenters. The van der Waals surface area contributed by atoms with Crippen molar-refractivity contribution in [1.82, 2.24) is 0 Å². The number of carbonyl (C=O) groups excluding carboxylic acids is 1. The van der Waals surface area contributed by atoms with Crippen molar-refractivity contribution in [1.29, 1.82) is 0 Å². The van der Waals surface area contributed by atoms with Gasteiger partial charge in [-0.2, -0.15) is 0 Å². The second-order valence-corrected chi connectivity index (χ2v) is 6.10. The molecule has 0 atom stereocenters. The first-order chi connectivity index (χ1) is 14.2. The molecule has 0 bridgehead atoms. The largest absolute Gasteiger partial charge is 0.495 e. The number of hydrogen-bond acceptors (Lipinski definition) is 6. The molecule has 0 aliphatic carbocycles. The van der Waals surface area contributed by atoms with E-state index in [0.717, 1.165) is 0 Å². The third-order valence-corrected chi connectivity index (χ3v) is 4.23. The summed E-state index contributed by atoms with van der Waals surface area (Å²) in [6, 6.07) is 17.1. The molecule has 4 aromatic rings. The summed E-state index contributed by atoms with van der Waals surface area (Å²) in [4.78, 5) is 25.3. The SMILES string of the molecule is COc1ccccc1NC(=O)COc1c(-c2ccco2)oc2ccccc2c1=O. The fourth-order valence-corrected chi connectivity index (χ4v) is 2.90. The van der Waals surface area contributed by atoms with Crippen LogP contribution in [0.25, 0.3) is 22.5 Å². The first kappa shape index (κ1) is 18.4. The lowest BCUT2D eigenvalue weighted by atomic mass is 10.2. The van der Waals surface area contributed by atoms with E-state index in [1.165, 1.54) is 13.4 Å². The third kappa shape index (κ3) is 3.70. The number of methoxy groups -OCH3 is 1. The maximum absolute atomic E-state index is 12.9. The van der Waals surface area contributed by atoms with Gasteiger partial charge in [-0.1, -0.05) is 24.3 Å². The molecule has 2 aromatic carbocycles. The van der Waals surface area contributed by atoms with Crippen molar-refractivity contribution >= 4 is 22.6 Å². The van der Waals surface area contributed by atoms with Crippen molar-refractivity contribution in [3.8, 4) is 23.0 Å². The minimum Gasteiger partial charge on any atom is -0.495 e. The van der Waals surface area contributed by atoms with Gasteiger partial charge in [0.2, 0.25) is 16.9 Å². The Morgan fingerprint density at radius 1 is 1.03 bits per heavy atom. The Morgan fingerprint density at radius 2 is 1.83 bits per heavy atom. The van der Waals surface area contributed by atoms with Gasteiger partial charge < -0.3 is 23.6 Å². The molecule has 1 amide bonds. The van der Waals surface area contributed by atoms with Gasteiger partial charge in [0.15, 0.2) is 12.4 Å². The Kier molecular flexibility index (Phi) is 5.03. The zero-order chi connectivity index (χ0) is 20.2. The number of anilines is 1. The number of fused-ring (bicyclic) bond motifs is 1. The van der Waals surface area contributed by atoms with Crippen molar-refractivity contribution in [2.45, 2.75) is 0 Å². The maximum Gasteiger partial charge on any atom is 0.262 e. The third-order valence-electron chi connectivity index (χ3n) is 4.23. The van der Waals surface area contributed by atoms with Gasteiger partial charge in [0.25, 0.3) is 5.91 Å². The zero-order valence-electron chi connectivity index (χ0n) is 15.5. The summed E-state index contributed by atoms with van der Waals surface area (Å²) in [5.74, 6) is 0.431. The van der Waals surface area contributed by atoms with Crippen LogP contribution < -0.4 is 20.2 Å². The van der Waals surface area contributed by atoms with E-state index in [4.69, 9.17) is 18.3 Å². The number of nitrogens with one attached hydrogen (secondary N) is 1.